The molecule has 0 aliphatic carbocycles. The summed E-state index contributed by atoms with van der Waals surface area (Å²) in [6.07, 6.45) is -3.78. The maximum absolute atomic E-state index is 12.9. The van der Waals surface area contributed by atoms with Crippen molar-refractivity contribution in [3.05, 3.63) is 17.5 Å². The molecule has 0 radical (unpaired) electrons. The molecule has 1 aliphatic heterocycles. The molecule has 0 aromatic carbocycles. The maximum Gasteiger partial charge on any atom is 0.435 e. The molecule has 2 rings (SSSR count). The maximum atomic E-state index is 12.9. The van der Waals surface area contributed by atoms with Crippen LogP contribution in [-0.4, -0.2) is 45.4 Å². The van der Waals surface area contributed by atoms with Crippen LogP contribution in [0.5, 0.6) is 0 Å². The summed E-state index contributed by atoms with van der Waals surface area (Å²) >= 11 is 0. The van der Waals surface area contributed by atoms with Crippen molar-refractivity contribution in [2.24, 2.45) is 7.05 Å². The number of carbonyl (C=O) groups is 1. The molecule has 0 saturated carbocycles. The van der Waals surface area contributed by atoms with Gasteiger partial charge in [0.2, 0.25) is 0 Å². The molecule has 0 spiro atoms. The number of hydrogen-bond donors (Lipinski definition) is 0. The highest BCUT2D eigenvalue weighted by molar-refractivity contribution is 5.95. The van der Waals surface area contributed by atoms with Gasteiger partial charge in [0.05, 0.1) is 17.3 Å². The van der Waals surface area contributed by atoms with Crippen molar-refractivity contribution in [1.29, 1.82) is 0 Å². The Morgan fingerprint density at radius 1 is 1.48 bits per heavy atom. The number of halogens is 3. The van der Waals surface area contributed by atoms with E-state index in [0.717, 1.165) is 10.9 Å². The van der Waals surface area contributed by atoms with Gasteiger partial charge in [0.15, 0.2) is 5.69 Å². The number of amides is 1. The number of hydrogen-bond acceptors (Lipinski definition) is 3. The molecule has 1 aliphatic rings. The van der Waals surface area contributed by atoms with E-state index in [9.17, 15) is 18.0 Å². The molecule has 5 nitrogen and oxygen atoms in total. The monoisotopic (exact) mass is 305 g/mol. The predicted octanol–water partition coefficient (Wildman–Crippen LogP) is 2.08. The van der Waals surface area contributed by atoms with Crippen LogP contribution in [0.15, 0.2) is 6.20 Å². The van der Waals surface area contributed by atoms with E-state index < -0.39 is 28.9 Å². The molecule has 1 aromatic rings. The summed E-state index contributed by atoms with van der Waals surface area (Å²) in [5.41, 5.74) is -2.16. The van der Waals surface area contributed by atoms with Gasteiger partial charge in [0.1, 0.15) is 0 Å². The van der Waals surface area contributed by atoms with Crippen molar-refractivity contribution in [3.63, 3.8) is 0 Å². The third-order valence-corrected chi connectivity index (χ3v) is 3.18. The second kappa shape index (κ2) is 5.01. The number of rotatable bonds is 1. The van der Waals surface area contributed by atoms with Crippen LogP contribution in [0.2, 0.25) is 0 Å². The van der Waals surface area contributed by atoms with Crippen molar-refractivity contribution in [2.75, 3.05) is 13.1 Å². The number of carbonyl (C=O) groups excluding carboxylic acids is 1. The predicted molar refractivity (Wildman–Crippen MR) is 68.7 cm³/mol. The van der Waals surface area contributed by atoms with Crippen LogP contribution in [0.25, 0.3) is 0 Å². The lowest BCUT2D eigenvalue weighted by atomic mass is 10.0. The summed E-state index contributed by atoms with van der Waals surface area (Å²) in [6, 6.07) is 0. The topological polar surface area (TPSA) is 47.4 Å². The molecular formula is C13H18F3N3O2. The lowest BCUT2D eigenvalue weighted by Crippen LogP contribution is -2.53. The van der Waals surface area contributed by atoms with Crippen LogP contribution in [0, 0.1) is 0 Å². The summed E-state index contributed by atoms with van der Waals surface area (Å²) < 4.78 is 45.5. The van der Waals surface area contributed by atoms with Crippen LogP contribution < -0.4 is 0 Å². The molecule has 1 aromatic heterocycles. The average Bonchev–Trinajstić information content (AvgIpc) is 2.67. The van der Waals surface area contributed by atoms with Gasteiger partial charge in [-0.2, -0.15) is 18.3 Å². The summed E-state index contributed by atoms with van der Waals surface area (Å²) in [6.45, 7) is 5.89. The van der Waals surface area contributed by atoms with Gasteiger partial charge < -0.3 is 9.64 Å². The fourth-order valence-electron chi connectivity index (χ4n) is 2.63. The minimum Gasteiger partial charge on any atom is -0.369 e. The third-order valence-electron chi connectivity index (χ3n) is 3.18. The Balaban J connectivity index is 2.32. The van der Waals surface area contributed by atoms with E-state index >= 15 is 0 Å². The van der Waals surface area contributed by atoms with Gasteiger partial charge in [-0.3, -0.25) is 9.48 Å². The first-order valence-corrected chi connectivity index (χ1v) is 6.57. The van der Waals surface area contributed by atoms with E-state index in [0.29, 0.717) is 0 Å². The Morgan fingerprint density at radius 3 is 2.62 bits per heavy atom. The molecule has 21 heavy (non-hydrogen) atoms. The number of aryl methyl sites for hydroxylation is 1. The Morgan fingerprint density at radius 2 is 2.10 bits per heavy atom. The number of nitrogens with zero attached hydrogens (tertiary/aromatic N) is 3. The lowest BCUT2D eigenvalue weighted by molar-refractivity contribution is -0.142. The third kappa shape index (κ3) is 3.37. The van der Waals surface area contributed by atoms with Gasteiger partial charge in [0, 0.05) is 26.3 Å². The van der Waals surface area contributed by atoms with Gasteiger partial charge >= 0.3 is 6.18 Å². The SMILES string of the molecule is C[C@H]1CN(C(=O)c2cn(C)nc2C(F)(F)F)CC(C)(C)O1. The average molecular weight is 305 g/mol. The second-order valence-corrected chi connectivity index (χ2v) is 5.94. The van der Waals surface area contributed by atoms with Crippen LogP contribution in [0.3, 0.4) is 0 Å². The Hall–Kier alpha value is -1.57. The molecule has 118 valence electrons. The second-order valence-electron chi connectivity index (χ2n) is 5.94. The first-order chi connectivity index (χ1) is 9.49. The quantitative estimate of drug-likeness (QED) is 0.798. The number of ether oxygens (including phenoxy) is 1. The number of aromatic nitrogens is 2. The molecule has 8 heteroatoms. The van der Waals surface area contributed by atoms with Crippen LogP contribution in [0.1, 0.15) is 36.8 Å². The zero-order chi connectivity index (χ0) is 16.0. The summed E-state index contributed by atoms with van der Waals surface area (Å²) in [4.78, 5) is 13.8. The van der Waals surface area contributed by atoms with Crippen LogP contribution >= 0.6 is 0 Å². The Bertz CT molecular complexity index is 551. The van der Waals surface area contributed by atoms with Gasteiger partial charge in [-0.15, -0.1) is 0 Å². The van der Waals surface area contributed by atoms with Crippen molar-refractivity contribution in [2.45, 2.75) is 38.7 Å². The molecule has 1 amide bonds. The standard InChI is InChI=1S/C13H18F3N3O2/c1-8-5-19(7-12(2,3)21-8)11(20)9-6-18(4)17-10(9)13(14,15)16/h6,8H,5,7H2,1-4H3/t8-/m0/s1. The van der Waals surface area contributed by atoms with E-state index in [4.69, 9.17) is 4.74 Å². The fraction of sp³-hybridized carbons (Fsp3) is 0.692. The summed E-state index contributed by atoms with van der Waals surface area (Å²) in [5.74, 6) is -0.668. The number of alkyl halides is 3. The Kier molecular flexibility index (Phi) is 3.77. The van der Waals surface area contributed by atoms with Crippen LogP contribution in [0.4, 0.5) is 13.2 Å². The molecule has 1 saturated heterocycles. The van der Waals surface area contributed by atoms with Crippen molar-refractivity contribution in [3.8, 4) is 0 Å². The molecule has 2 heterocycles. The first kappa shape index (κ1) is 15.8. The van der Waals surface area contributed by atoms with E-state index in [-0.39, 0.29) is 19.2 Å². The minimum atomic E-state index is -4.65. The van der Waals surface area contributed by atoms with Crippen molar-refractivity contribution < 1.29 is 22.7 Å². The number of morpholine rings is 1. The molecular weight excluding hydrogens is 287 g/mol. The van der Waals surface area contributed by atoms with E-state index in [1.807, 2.05) is 0 Å². The highest BCUT2D eigenvalue weighted by Gasteiger charge is 2.41. The smallest absolute Gasteiger partial charge is 0.369 e. The lowest BCUT2D eigenvalue weighted by Gasteiger charge is -2.41. The zero-order valence-electron chi connectivity index (χ0n) is 12.4. The fourth-order valence-corrected chi connectivity index (χ4v) is 2.63. The van der Waals surface area contributed by atoms with E-state index in [2.05, 4.69) is 5.10 Å². The molecule has 1 atom stereocenters. The first-order valence-electron chi connectivity index (χ1n) is 6.57. The van der Waals surface area contributed by atoms with Crippen molar-refractivity contribution in [1.82, 2.24) is 14.7 Å². The van der Waals surface area contributed by atoms with E-state index in [1.165, 1.54) is 11.9 Å². The largest absolute Gasteiger partial charge is 0.435 e. The van der Waals surface area contributed by atoms with Gasteiger partial charge in [-0.1, -0.05) is 0 Å². The van der Waals surface area contributed by atoms with Gasteiger partial charge in [-0.25, -0.2) is 0 Å². The Labute approximate surface area is 120 Å². The highest BCUT2D eigenvalue weighted by Crippen LogP contribution is 2.32. The zero-order valence-corrected chi connectivity index (χ0v) is 12.4. The molecule has 0 bridgehead atoms. The normalized spacial score (nSPS) is 22.4. The minimum absolute atomic E-state index is 0.233. The van der Waals surface area contributed by atoms with Gasteiger partial charge in [-0.05, 0) is 20.8 Å². The molecule has 0 unspecified atom stereocenters. The van der Waals surface area contributed by atoms with Crippen molar-refractivity contribution >= 4 is 5.91 Å². The molecule has 0 N–H and O–H groups in total. The molecule has 1 fully saturated rings. The van der Waals surface area contributed by atoms with Gasteiger partial charge in [0.25, 0.3) is 5.91 Å². The van der Waals surface area contributed by atoms with E-state index in [1.54, 1.807) is 20.8 Å². The summed E-state index contributed by atoms with van der Waals surface area (Å²) in [7, 11) is 1.36. The summed E-state index contributed by atoms with van der Waals surface area (Å²) in [5, 5.41) is 3.37. The van der Waals surface area contributed by atoms with Crippen LogP contribution in [-0.2, 0) is 18.0 Å². The highest BCUT2D eigenvalue weighted by atomic mass is 19.4.